The van der Waals surface area contributed by atoms with Crippen LogP contribution < -0.4 is 5.73 Å². The molecule has 1 aromatic heterocycles. The van der Waals surface area contributed by atoms with Crippen LogP contribution in [0.15, 0.2) is 10.8 Å². The Balaban J connectivity index is 2.82. The smallest absolute Gasteiger partial charge is 0.105 e. The van der Waals surface area contributed by atoms with Crippen LogP contribution in [0.3, 0.4) is 0 Å². The molecule has 0 saturated heterocycles. The van der Waals surface area contributed by atoms with Gasteiger partial charge >= 0.3 is 0 Å². The molecule has 1 heterocycles. The van der Waals surface area contributed by atoms with Crippen molar-refractivity contribution in [1.82, 2.24) is 10.2 Å². The molecule has 1 atom stereocenters. The van der Waals surface area contributed by atoms with Crippen molar-refractivity contribution in [3.63, 3.8) is 0 Å². The fourth-order valence-electron chi connectivity index (χ4n) is 0.637. The highest BCUT2D eigenvalue weighted by Gasteiger charge is 2.09. The fraction of sp³-hybridized carbons (Fsp3) is 0.400. The van der Waals surface area contributed by atoms with E-state index in [1.165, 1.54) is 0 Å². The molecule has 1 unspecified atom stereocenters. The molecule has 5 heteroatoms. The van der Waals surface area contributed by atoms with Gasteiger partial charge in [0, 0.05) is 5.56 Å². The molecule has 4 nitrogen and oxygen atoms in total. The van der Waals surface area contributed by atoms with Crippen molar-refractivity contribution in [1.29, 1.82) is 0 Å². The number of nitrogens with two attached hydrogens (primary N) is 1. The highest BCUT2D eigenvalue weighted by Crippen LogP contribution is 2.17. The predicted molar refractivity (Wildman–Crippen MR) is 40.3 cm³/mol. The first-order valence-electron chi connectivity index (χ1n) is 2.81. The zero-order valence-electron chi connectivity index (χ0n) is 5.21. The Morgan fingerprint density at radius 3 is 3.00 bits per heavy atom. The number of aromatic amines is 1. The molecular formula is C5H8BrN3O. The average molecular weight is 206 g/mol. The van der Waals surface area contributed by atoms with Crippen LogP contribution in [-0.4, -0.2) is 21.9 Å². The second kappa shape index (κ2) is 3.14. The van der Waals surface area contributed by atoms with E-state index in [4.69, 9.17) is 10.8 Å². The maximum atomic E-state index is 8.64. The number of hydrogen-bond acceptors (Lipinski definition) is 3. The summed E-state index contributed by atoms with van der Waals surface area (Å²) in [5, 5.41) is 15.0. The van der Waals surface area contributed by atoms with E-state index in [1.54, 1.807) is 6.20 Å². The van der Waals surface area contributed by atoms with E-state index < -0.39 is 0 Å². The monoisotopic (exact) mass is 205 g/mol. The van der Waals surface area contributed by atoms with Gasteiger partial charge in [0.2, 0.25) is 0 Å². The molecule has 0 aliphatic rings. The Kier molecular flexibility index (Phi) is 2.42. The van der Waals surface area contributed by atoms with E-state index in [1.807, 2.05) is 0 Å². The number of halogens is 1. The van der Waals surface area contributed by atoms with Gasteiger partial charge < -0.3 is 10.8 Å². The lowest BCUT2D eigenvalue weighted by Gasteiger charge is -2.03. The molecule has 56 valence electrons. The third-order valence-electron chi connectivity index (χ3n) is 1.22. The highest BCUT2D eigenvalue weighted by molar-refractivity contribution is 9.10. The van der Waals surface area contributed by atoms with Crippen molar-refractivity contribution in [2.75, 3.05) is 6.61 Å². The van der Waals surface area contributed by atoms with Gasteiger partial charge in [0.15, 0.2) is 0 Å². The quantitative estimate of drug-likeness (QED) is 0.645. The Morgan fingerprint density at radius 2 is 2.60 bits per heavy atom. The second-order valence-electron chi connectivity index (χ2n) is 1.93. The van der Waals surface area contributed by atoms with Gasteiger partial charge in [-0.3, -0.25) is 5.10 Å². The number of aromatic nitrogens is 2. The average Bonchev–Trinajstić information content (AvgIpc) is 2.34. The number of H-pyrrole nitrogens is 1. The topological polar surface area (TPSA) is 74.9 Å². The molecule has 0 spiro atoms. The highest BCUT2D eigenvalue weighted by atomic mass is 79.9. The molecule has 0 radical (unpaired) electrons. The molecule has 0 saturated carbocycles. The fourth-order valence-corrected chi connectivity index (χ4v) is 1.14. The molecular weight excluding hydrogens is 198 g/mol. The molecule has 10 heavy (non-hydrogen) atoms. The first-order chi connectivity index (χ1) is 4.75. The summed E-state index contributed by atoms with van der Waals surface area (Å²) in [6.45, 7) is -0.0713. The van der Waals surface area contributed by atoms with Crippen LogP contribution in [0.1, 0.15) is 11.6 Å². The Bertz CT molecular complexity index is 212. The zero-order valence-corrected chi connectivity index (χ0v) is 6.80. The van der Waals surface area contributed by atoms with Gasteiger partial charge in [-0.15, -0.1) is 0 Å². The minimum absolute atomic E-state index is 0.0713. The minimum Gasteiger partial charge on any atom is -0.394 e. The van der Waals surface area contributed by atoms with Crippen LogP contribution >= 0.6 is 15.9 Å². The number of aliphatic hydroxyl groups is 1. The maximum absolute atomic E-state index is 8.64. The van der Waals surface area contributed by atoms with Crippen molar-refractivity contribution in [2.24, 2.45) is 5.73 Å². The van der Waals surface area contributed by atoms with Gasteiger partial charge in [0.05, 0.1) is 18.8 Å². The zero-order chi connectivity index (χ0) is 7.56. The van der Waals surface area contributed by atoms with Gasteiger partial charge in [0.25, 0.3) is 0 Å². The summed E-state index contributed by atoms with van der Waals surface area (Å²) in [6, 6.07) is -0.354. The summed E-state index contributed by atoms with van der Waals surface area (Å²) < 4.78 is 0.731. The van der Waals surface area contributed by atoms with Crippen LogP contribution in [0.5, 0.6) is 0 Å². The summed E-state index contributed by atoms with van der Waals surface area (Å²) in [4.78, 5) is 0. The van der Waals surface area contributed by atoms with Crippen molar-refractivity contribution >= 4 is 15.9 Å². The summed E-state index contributed by atoms with van der Waals surface area (Å²) in [5.41, 5.74) is 6.29. The predicted octanol–water partition coefficient (Wildman–Crippen LogP) is 0.164. The lowest BCUT2D eigenvalue weighted by molar-refractivity contribution is 0.267. The standard InChI is InChI=1S/C5H8BrN3O/c6-5-3(1-8-9-5)4(7)2-10/h1,4,10H,2,7H2,(H,8,9). The van der Waals surface area contributed by atoms with Crippen LogP contribution in [0.4, 0.5) is 0 Å². The van der Waals surface area contributed by atoms with Crippen LogP contribution in [0.2, 0.25) is 0 Å². The molecule has 0 amide bonds. The molecule has 0 fully saturated rings. The summed E-state index contributed by atoms with van der Waals surface area (Å²) in [6.07, 6.45) is 1.59. The molecule has 0 bridgehead atoms. The normalized spacial score (nSPS) is 13.5. The lowest BCUT2D eigenvalue weighted by Crippen LogP contribution is -2.13. The van der Waals surface area contributed by atoms with E-state index in [0.717, 1.165) is 10.2 Å². The Hall–Kier alpha value is -0.390. The van der Waals surface area contributed by atoms with E-state index in [9.17, 15) is 0 Å². The molecule has 0 aliphatic carbocycles. The summed E-state index contributed by atoms with van der Waals surface area (Å²) >= 11 is 3.20. The SMILES string of the molecule is NC(CO)c1cn[nH]c1Br. The minimum atomic E-state index is -0.354. The molecule has 0 aromatic carbocycles. The number of hydrogen-bond donors (Lipinski definition) is 3. The number of rotatable bonds is 2. The Labute approximate surface area is 66.6 Å². The van der Waals surface area contributed by atoms with Crippen molar-refractivity contribution in [3.05, 3.63) is 16.4 Å². The van der Waals surface area contributed by atoms with Crippen molar-refractivity contribution in [2.45, 2.75) is 6.04 Å². The number of aliphatic hydroxyl groups excluding tert-OH is 1. The van der Waals surface area contributed by atoms with Crippen LogP contribution in [0.25, 0.3) is 0 Å². The van der Waals surface area contributed by atoms with Gasteiger partial charge in [-0.25, -0.2) is 0 Å². The third-order valence-corrected chi connectivity index (χ3v) is 1.85. The van der Waals surface area contributed by atoms with Crippen LogP contribution in [-0.2, 0) is 0 Å². The number of nitrogens with zero attached hydrogens (tertiary/aromatic N) is 1. The van der Waals surface area contributed by atoms with E-state index in [2.05, 4.69) is 26.1 Å². The molecule has 1 rings (SSSR count). The maximum Gasteiger partial charge on any atom is 0.105 e. The molecule has 0 aliphatic heterocycles. The molecule has 4 N–H and O–H groups in total. The lowest BCUT2D eigenvalue weighted by atomic mass is 10.2. The van der Waals surface area contributed by atoms with Gasteiger partial charge in [-0.05, 0) is 15.9 Å². The van der Waals surface area contributed by atoms with Crippen LogP contribution in [0, 0.1) is 0 Å². The number of nitrogens with one attached hydrogen (secondary N) is 1. The molecule has 1 aromatic rings. The Morgan fingerprint density at radius 1 is 1.90 bits per heavy atom. The van der Waals surface area contributed by atoms with Crippen molar-refractivity contribution < 1.29 is 5.11 Å². The van der Waals surface area contributed by atoms with E-state index >= 15 is 0 Å². The van der Waals surface area contributed by atoms with Gasteiger partial charge in [-0.2, -0.15) is 5.10 Å². The second-order valence-corrected chi connectivity index (χ2v) is 2.72. The first kappa shape index (κ1) is 7.71. The third kappa shape index (κ3) is 1.36. The van der Waals surface area contributed by atoms with E-state index in [0.29, 0.717) is 0 Å². The first-order valence-corrected chi connectivity index (χ1v) is 3.60. The largest absolute Gasteiger partial charge is 0.394 e. The van der Waals surface area contributed by atoms with Crippen molar-refractivity contribution in [3.8, 4) is 0 Å². The van der Waals surface area contributed by atoms with Gasteiger partial charge in [-0.1, -0.05) is 0 Å². The van der Waals surface area contributed by atoms with Gasteiger partial charge in [0.1, 0.15) is 4.60 Å². The summed E-state index contributed by atoms with van der Waals surface area (Å²) in [7, 11) is 0. The van der Waals surface area contributed by atoms with E-state index in [-0.39, 0.29) is 12.6 Å². The summed E-state index contributed by atoms with van der Waals surface area (Å²) in [5.74, 6) is 0.